The van der Waals surface area contributed by atoms with Gasteiger partial charge in [0.05, 0.1) is 16.5 Å². The molecule has 0 N–H and O–H groups in total. The molecule has 2 aromatic carbocycles. The summed E-state index contributed by atoms with van der Waals surface area (Å²) in [6, 6.07) is 14.5. The number of nitrogens with zero attached hydrogens (tertiary/aromatic N) is 5. The SMILES string of the molecule is Cc1cccc(-n2c(C)nnc2SCC(=O)N2CCc3cc(-c4csc(C)n4)ccc32)c1. The summed E-state index contributed by atoms with van der Waals surface area (Å²) >= 11 is 3.08. The molecule has 1 aliphatic heterocycles. The molecule has 0 saturated carbocycles. The molecular weight excluding hydrogens is 438 g/mol. The van der Waals surface area contributed by atoms with Crippen LogP contribution in [0.25, 0.3) is 16.9 Å². The van der Waals surface area contributed by atoms with Crippen LogP contribution in [-0.4, -0.2) is 38.0 Å². The number of hydrogen-bond donors (Lipinski definition) is 0. The average Bonchev–Trinajstić information content (AvgIpc) is 3.49. The first-order chi connectivity index (χ1) is 15.5. The quantitative estimate of drug-likeness (QED) is 0.392. The zero-order valence-corrected chi connectivity index (χ0v) is 19.8. The summed E-state index contributed by atoms with van der Waals surface area (Å²) in [6.07, 6.45) is 0.862. The van der Waals surface area contributed by atoms with Crippen LogP contribution in [0.5, 0.6) is 0 Å². The Labute approximate surface area is 195 Å². The maximum Gasteiger partial charge on any atom is 0.237 e. The number of rotatable bonds is 5. The van der Waals surface area contributed by atoms with Crippen molar-refractivity contribution in [2.45, 2.75) is 32.3 Å². The molecule has 4 aromatic rings. The zero-order valence-electron chi connectivity index (χ0n) is 18.2. The van der Waals surface area contributed by atoms with Gasteiger partial charge in [0, 0.05) is 28.9 Å². The van der Waals surface area contributed by atoms with Gasteiger partial charge in [0.25, 0.3) is 0 Å². The fraction of sp³-hybridized carbons (Fsp3) is 0.250. The molecule has 0 aliphatic carbocycles. The number of aryl methyl sites for hydroxylation is 3. The number of benzene rings is 2. The van der Waals surface area contributed by atoms with Crippen LogP contribution in [0, 0.1) is 20.8 Å². The Morgan fingerprint density at radius 1 is 1.12 bits per heavy atom. The van der Waals surface area contributed by atoms with Crippen molar-refractivity contribution in [2.75, 3.05) is 17.2 Å². The molecular formula is C24H23N5OS2. The van der Waals surface area contributed by atoms with Crippen molar-refractivity contribution in [3.63, 3.8) is 0 Å². The predicted octanol–water partition coefficient (Wildman–Crippen LogP) is 5.00. The molecule has 1 amide bonds. The third kappa shape index (κ3) is 3.96. The van der Waals surface area contributed by atoms with E-state index in [4.69, 9.17) is 0 Å². The van der Waals surface area contributed by atoms with E-state index in [0.717, 1.165) is 45.0 Å². The molecule has 0 atom stereocenters. The Morgan fingerprint density at radius 3 is 2.78 bits per heavy atom. The maximum atomic E-state index is 13.1. The van der Waals surface area contributed by atoms with Gasteiger partial charge in [0.1, 0.15) is 5.82 Å². The van der Waals surface area contributed by atoms with Gasteiger partial charge in [-0.15, -0.1) is 21.5 Å². The minimum absolute atomic E-state index is 0.0856. The molecule has 0 saturated heterocycles. The lowest BCUT2D eigenvalue weighted by Gasteiger charge is -2.17. The molecule has 8 heteroatoms. The van der Waals surface area contributed by atoms with Crippen molar-refractivity contribution in [1.82, 2.24) is 19.7 Å². The number of carbonyl (C=O) groups excluding carboxylic acids is 1. The molecule has 162 valence electrons. The summed E-state index contributed by atoms with van der Waals surface area (Å²) in [5, 5.41) is 12.4. The van der Waals surface area contributed by atoms with Gasteiger partial charge in [-0.3, -0.25) is 9.36 Å². The number of anilines is 1. The van der Waals surface area contributed by atoms with E-state index in [1.807, 2.05) is 41.5 Å². The van der Waals surface area contributed by atoms with E-state index in [2.05, 4.69) is 51.8 Å². The van der Waals surface area contributed by atoms with Crippen molar-refractivity contribution in [3.8, 4) is 16.9 Å². The lowest BCUT2D eigenvalue weighted by atomic mass is 10.1. The minimum Gasteiger partial charge on any atom is -0.311 e. The van der Waals surface area contributed by atoms with Crippen LogP contribution in [0.1, 0.15) is 22.0 Å². The van der Waals surface area contributed by atoms with Gasteiger partial charge in [-0.25, -0.2) is 4.98 Å². The molecule has 0 bridgehead atoms. The summed E-state index contributed by atoms with van der Waals surface area (Å²) in [7, 11) is 0. The highest BCUT2D eigenvalue weighted by atomic mass is 32.2. The Kier molecular flexibility index (Phi) is 5.57. The standard InChI is InChI=1S/C24H23N5OS2/c1-15-5-4-6-20(11-15)29-16(2)26-27-24(29)32-14-23(30)28-10-9-19-12-18(7-8-22(19)28)21-13-31-17(3)25-21/h4-8,11-13H,9-10,14H2,1-3H3. The highest BCUT2D eigenvalue weighted by Gasteiger charge is 2.26. The molecule has 32 heavy (non-hydrogen) atoms. The first-order valence-corrected chi connectivity index (χ1v) is 12.3. The largest absolute Gasteiger partial charge is 0.311 e. The van der Waals surface area contributed by atoms with E-state index in [1.54, 1.807) is 11.3 Å². The van der Waals surface area contributed by atoms with Crippen LogP contribution in [0.4, 0.5) is 5.69 Å². The lowest BCUT2D eigenvalue weighted by molar-refractivity contribution is -0.116. The van der Waals surface area contributed by atoms with Gasteiger partial charge < -0.3 is 4.90 Å². The van der Waals surface area contributed by atoms with Crippen LogP contribution in [-0.2, 0) is 11.2 Å². The highest BCUT2D eigenvalue weighted by molar-refractivity contribution is 7.99. The number of hydrogen-bond acceptors (Lipinski definition) is 6. The van der Waals surface area contributed by atoms with Crippen LogP contribution in [0.3, 0.4) is 0 Å². The second-order valence-corrected chi connectivity index (χ2v) is 9.89. The molecule has 5 rings (SSSR count). The highest BCUT2D eigenvalue weighted by Crippen LogP contribution is 2.33. The third-order valence-corrected chi connectivity index (χ3v) is 7.26. The van der Waals surface area contributed by atoms with Crippen LogP contribution >= 0.6 is 23.1 Å². The monoisotopic (exact) mass is 461 g/mol. The molecule has 0 fully saturated rings. The Bertz CT molecular complexity index is 1310. The Hall–Kier alpha value is -2.97. The maximum absolute atomic E-state index is 13.1. The zero-order chi connectivity index (χ0) is 22.2. The molecule has 0 unspecified atom stereocenters. The normalized spacial score (nSPS) is 12.9. The van der Waals surface area contributed by atoms with Gasteiger partial charge >= 0.3 is 0 Å². The van der Waals surface area contributed by atoms with Crippen molar-refractivity contribution in [1.29, 1.82) is 0 Å². The van der Waals surface area contributed by atoms with Crippen molar-refractivity contribution < 1.29 is 4.79 Å². The van der Waals surface area contributed by atoms with Gasteiger partial charge in [-0.05, 0) is 62.6 Å². The summed E-state index contributed by atoms with van der Waals surface area (Å²) in [6.45, 7) is 6.71. The Morgan fingerprint density at radius 2 is 2.00 bits per heavy atom. The van der Waals surface area contributed by atoms with Crippen LogP contribution < -0.4 is 4.90 Å². The van der Waals surface area contributed by atoms with E-state index >= 15 is 0 Å². The molecule has 0 spiro atoms. The summed E-state index contributed by atoms with van der Waals surface area (Å²) in [5.41, 5.74) is 6.50. The first kappa shape index (κ1) is 20.9. The lowest BCUT2D eigenvalue weighted by Crippen LogP contribution is -2.30. The molecule has 1 aliphatic rings. The van der Waals surface area contributed by atoms with Crippen molar-refractivity contribution in [3.05, 3.63) is 69.8 Å². The molecule has 2 aromatic heterocycles. The van der Waals surface area contributed by atoms with Crippen molar-refractivity contribution >= 4 is 34.7 Å². The van der Waals surface area contributed by atoms with Crippen LogP contribution in [0.2, 0.25) is 0 Å². The van der Waals surface area contributed by atoms with E-state index < -0.39 is 0 Å². The number of aromatic nitrogens is 4. The predicted molar refractivity (Wildman–Crippen MR) is 130 cm³/mol. The second-order valence-electron chi connectivity index (χ2n) is 7.88. The first-order valence-electron chi connectivity index (χ1n) is 10.5. The number of carbonyl (C=O) groups is 1. The number of thiazole rings is 1. The van der Waals surface area contributed by atoms with E-state index in [0.29, 0.717) is 12.3 Å². The molecule has 6 nitrogen and oxygen atoms in total. The van der Waals surface area contributed by atoms with E-state index in [9.17, 15) is 4.79 Å². The van der Waals surface area contributed by atoms with Gasteiger partial charge in [0.15, 0.2) is 5.16 Å². The van der Waals surface area contributed by atoms with Crippen LogP contribution in [0.15, 0.2) is 53.0 Å². The number of fused-ring (bicyclic) bond motifs is 1. The van der Waals surface area contributed by atoms with Gasteiger partial charge in [-0.2, -0.15) is 0 Å². The summed E-state index contributed by atoms with van der Waals surface area (Å²) < 4.78 is 2.00. The Balaban J connectivity index is 1.32. The number of amides is 1. The number of thioether (sulfide) groups is 1. The summed E-state index contributed by atoms with van der Waals surface area (Å²) in [5.74, 6) is 1.21. The van der Waals surface area contributed by atoms with Crippen molar-refractivity contribution in [2.24, 2.45) is 0 Å². The molecule has 3 heterocycles. The average molecular weight is 462 g/mol. The second kappa shape index (κ2) is 8.52. The minimum atomic E-state index is 0.0856. The summed E-state index contributed by atoms with van der Waals surface area (Å²) in [4.78, 5) is 19.6. The fourth-order valence-corrected chi connectivity index (χ4v) is 5.52. The smallest absolute Gasteiger partial charge is 0.237 e. The van der Waals surface area contributed by atoms with E-state index in [1.165, 1.54) is 22.9 Å². The topological polar surface area (TPSA) is 63.9 Å². The third-order valence-electron chi connectivity index (χ3n) is 5.57. The molecule has 0 radical (unpaired) electrons. The fourth-order valence-electron chi connectivity index (χ4n) is 4.02. The van der Waals surface area contributed by atoms with E-state index in [-0.39, 0.29) is 5.91 Å². The van der Waals surface area contributed by atoms with Gasteiger partial charge in [-0.1, -0.05) is 30.0 Å². The van der Waals surface area contributed by atoms with Gasteiger partial charge in [0.2, 0.25) is 5.91 Å².